The number of imidazole rings is 2. The zero-order valence-electron chi connectivity index (χ0n) is 36.3. The number of ether oxygens (including phenoxy) is 2. The van der Waals surface area contributed by atoms with Crippen LogP contribution in [-0.2, 0) is 9.47 Å². The predicted molar refractivity (Wildman–Crippen MR) is 267 cm³/mol. The second-order valence-electron chi connectivity index (χ2n) is 15.6. The van der Waals surface area contributed by atoms with E-state index in [1.807, 2.05) is 44.5 Å². The molecule has 0 atom stereocenters. The molecular weight excluding hydrogens is 1070 g/mol. The molecule has 2 fully saturated rings. The molecule has 1 amide bonds. The van der Waals surface area contributed by atoms with Gasteiger partial charge in [0.15, 0.2) is 0 Å². The van der Waals surface area contributed by atoms with E-state index in [4.69, 9.17) is 77.3 Å². The number of nitrogens with one attached hydrogen (secondary N) is 1. The maximum atomic E-state index is 12.9. The van der Waals surface area contributed by atoms with Gasteiger partial charge in [0.05, 0.1) is 41.1 Å². The van der Waals surface area contributed by atoms with Gasteiger partial charge in [-0.25, -0.2) is 28.7 Å². The van der Waals surface area contributed by atoms with Crippen LogP contribution in [0.3, 0.4) is 0 Å². The molecule has 6 aromatic heterocycles. The molecule has 8 heterocycles. The molecule has 2 aliphatic rings. The van der Waals surface area contributed by atoms with E-state index in [-0.39, 0.29) is 11.1 Å². The number of benzene rings is 1. The third-order valence-electron chi connectivity index (χ3n) is 11.1. The first-order valence-corrected chi connectivity index (χ1v) is 23.8. The minimum absolute atomic E-state index is 0.144. The Morgan fingerprint density at radius 3 is 1.79 bits per heavy atom. The van der Waals surface area contributed by atoms with E-state index in [1.54, 1.807) is 24.7 Å². The third-order valence-corrected chi connectivity index (χ3v) is 14.7. The maximum absolute atomic E-state index is 12.9. The summed E-state index contributed by atoms with van der Waals surface area (Å²) < 4.78 is 42.2. The first kappa shape index (κ1) is 51.3. The minimum Gasteiger partial charge on any atom is -0.383 e. The highest BCUT2D eigenvalue weighted by Gasteiger charge is 2.23. The fraction of sp³-hybridized carbons (Fsp3) is 0.326. The van der Waals surface area contributed by atoms with E-state index in [1.165, 1.54) is 24.3 Å². The molecule has 0 aliphatic carbocycles. The number of amides is 1. The quantitative estimate of drug-likeness (QED) is 0.152. The number of aromatic nitrogens is 6. The fourth-order valence-corrected chi connectivity index (χ4v) is 8.64. The zero-order chi connectivity index (χ0) is 47.8. The van der Waals surface area contributed by atoms with Crippen LogP contribution in [0.15, 0.2) is 76.5 Å². The maximum Gasteiger partial charge on any atom is 0.263 e. The number of aryl methyl sites for hydroxylation is 2. The van der Waals surface area contributed by atoms with Crippen LogP contribution >= 0.6 is 78.3 Å². The lowest BCUT2D eigenvalue weighted by Gasteiger charge is -2.19. The van der Waals surface area contributed by atoms with Crippen molar-refractivity contribution in [1.82, 2.24) is 28.7 Å². The Kier molecular flexibility index (Phi) is 18.1. The molecule has 0 saturated carbocycles. The van der Waals surface area contributed by atoms with Gasteiger partial charge in [-0.3, -0.25) is 4.79 Å². The Balaban J connectivity index is 0.000000164. The average Bonchev–Trinajstić information content (AvgIpc) is 3.96. The Bertz CT molecular complexity index is 2790. The number of hydrogen-bond donors (Lipinski definition) is 3. The number of alkyl halides is 2. The van der Waals surface area contributed by atoms with E-state index < -0.39 is 12.3 Å². The second kappa shape index (κ2) is 23.3. The summed E-state index contributed by atoms with van der Waals surface area (Å²) in [5, 5.41) is 5.15. The molecule has 1 aromatic carbocycles. The summed E-state index contributed by atoms with van der Waals surface area (Å²) >= 11 is 30.9. The molecule has 20 heteroatoms. The summed E-state index contributed by atoms with van der Waals surface area (Å²) in [6.07, 6.45) is 12.2. The van der Waals surface area contributed by atoms with Crippen LogP contribution < -0.4 is 16.8 Å². The number of nitrogens with two attached hydrogens (primary N) is 2. The average molecular weight is 1110 g/mol. The van der Waals surface area contributed by atoms with Crippen LogP contribution in [0.4, 0.5) is 26.1 Å². The predicted octanol–water partition coefficient (Wildman–Crippen LogP) is 13.3. The summed E-state index contributed by atoms with van der Waals surface area (Å²) in [6, 6.07) is 7.10. The van der Waals surface area contributed by atoms with E-state index >= 15 is 0 Å². The topological polar surface area (TPSA) is 160 Å². The third kappa shape index (κ3) is 12.5. The normalized spacial score (nSPS) is 14.3. The van der Waals surface area contributed by atoms with Crippen LogP contribution in [0, 0.1) is 27.7 Å². The van der Waals surface area contributed by atoms with Crippen LogP contribution in [0.25, 0.3) is 11.3 Å². The zero-order valence-corrected chi connectivity index (χ0v) is 42.5. The van der Waals surface area contributed by atoms with Crippen molar-refractivity contribution in [1.29, 1.82) is 0 Å². The number of nitrogens with zero attached hydrogens (tertiary/aromatic N) is 6. The van der Waals surface area contributed by atoms with Crippen molar-refractivity contribution < 1.29 is 23.0 Å². The highest BCUT2D eigenvalue weighted by molar-refractivity contribution is 9.10. The molecule has 5 N–H and O–H groups in total. The standard InChI is InChI=1S/C21H20ClF2N3O2.C13H14BrClN2O.C6H6BrClN2.C6H7ClN2/c1-12-18(22)17(26-21(28)15-4-2-3-14(9-15)19(23)24)11-27-10-16(25-20(12)27)13-5-7-29-8-6-13;1-8-12(15)10(14)6-17-7-11(16-13(8)17)9-2-4-18-5-3-9;1-3-5(8)4(7)2-10-6(3)9;1-4-5(7)2-3-9-6(4)8/h2-4,9-11,13,19H,5-8H2,1H3,(H,26,28);6-7,9H,2-5H2,1H3;2H,1H3,(H2,9,10);2-3H,1H3,(H2,8,9). The summed E-state index contributed by atoms with van der Waals surface area (Å²) in [5.41, 5.74) is 18.5. The largest absolute Gasteiger partial charge is 0.383 e. The van der Waals surface area contributed by atoms with Crippen LogP contribution in [0.1, 0.15) is 93.5 Å². The van der Waals surface area contributed by atoms with Crippen LogP contribution in [-0.4, -0.2) is 61.1 Å². The highest BCUT2D eigenvalue weighted by atomic mass is 79.9. The summed E-state index contributed by atoms with van der Waals surface area (Å²) in [6.45, 7) is 10.6. The molecule has 9 rings (SSSR count). The fourth-order valence-electron chi connectivity index (χ4n) is 7.10. The van der Waals surface area contributed by atoms with Crippen molar-refractivity contribution in [2.45, 2.75) is 71.6 Å². The van der Waals surface area contributed by atoms with E-state index in [2.05, 4.69) is 57.7 Å². The molecule has 12 nitrogen and oxygen atoms in total. The van der Waals surface area contributed by atoms with Gasteiger partial charge in [-0.2, -0.15) is 0 Å². The number of hydrogen-bond acceptors (Lipinski definition) is 9. The molecule has 0 bridgehead atoms. The van der Waals surface area contributed by atoms with E-state index in [9.17, 15) is 13.6 Å². The lowest BCUT2D eigenvalue weighted by atomic mass is 9.97. The lowest BCUT2D eigenvalue weighted by Crippen LogP contribution is -2.14. The van der Waals surface area contributed by atoms with Gasteiger partial charge in [0.2, 0.25) is 0 Å². The molecular formula is C46H47Br2Cl4F2N9O3. The van der Waals surface area contributed by atoms with Gasteiger partial charge in [-0.1, -0.05) is 58.5 Å². The number of nitrogen functional groups attached to an aromatic ring is 2. The van der Waals surface area contributed by atoms with Crippen molar-refractivity contribution in [3.05, 3.63) is 141 Å². The number of carbonyl (C=O) groups excluding carboxylic acids is 1. The molecule has 0 spiro atoms. The monoisotopic (exact) mass is 1110 g/mol. The number of halogens is 8. The van der Waals surface area contributed by atoms with Crippen molar-refractivity contribution in [2.24, 2.45) is 0 Å². The highest BCUT2D eigenvalue weighted by Crippen LogP contribution is 2.34. The van der Waals surface area contributed by atoms with Gasteiger partial charge in [-0.05, 0) is 103 Å². The van der Waals surface area contributed by atoms with Gasteiger partial charge in [0, 0.05) is 114 Å². The summed E-state index contributed by atoms with van der Waals surface area (Å²) in [4.78, 5) is 29.8. The van der Waals surface area contributed by atoms with Gasteiger partial charge in [0.25, 0.3) is 12.3 Å². The van der Waals surface area contributed by atoms with Crippen LogP contribution in [0.2, 0.25) is 20.1 Å². The SMILES string of the molecule is Cc1c(Cl)c(Br)cn2cc(C3CCOCC3)nc12.Cc1c(Cl)c(NC(=O)c2cccc(C(F)F)c2)cn2cc(C3CCOCC3)nc12.Cc1c(Cl)ccnc1N.Cc1c(N)ncc(Br)c1Cl. The first-order valence-electron chi connectivity index (χ1n) is 20.7. The van der Waals surface area contributed by atoms with Crippen molar-refractivity contribution in [2.75, 3.05) is 43.2 Å². The molecule has 66 heavy (non-hydrogen) atoms. The van der Waals surface area contributed by atoms with Gasteiger partial charge < -0.3 is 35.1 Å². The molecule has 0 unspecified atom stereocenters. The summed E-state index contributed by atoms with van der Waals surface area (Å²) in [7, 11) is 0. The number of rotatable bonds is 5. The lowest BCUT2D eigenvalue weighted by molar-refractivity contribution is 0.0845. The molecule has 0 radical (unpaired) electrons. The van der Waals surface area contributed by atoms with Crippen molar-refractivity contribution in [3.8, 4) is 0 Å². The second-order valence-corrected chi connectivity index (χ2v) is 18.8. The van der Waals surface area contributed by atoms with Crippen molar-refractivity contribution >= 4 is 113 Å². The Morgan fingerprint density at radius 1 is 0.727 bits per heavy atom. The number of pyridine rings is 4. The molecule has 350 valence electrons. The number of carbonyl (C=O) groups is 1. The molecule has 2 aliphatic heterocycles. The number of fused-ring (bicyclic) bond motifs is 2. The number of anilines is 3. The Morgan fingerprint density at radius 2 is 1.26 bits per heavy atom. The van der Waals surface area contributed by atoms with Crippen LogP contribution in [0.5, 0.6) is 0 Å². The molecule has 2 saturated heterocycles. The van der Waals surface area contributed by atoms with Gasteiger partial charge in [0.1, 0.15) is 22.9 Å². The van der Waals surface area contributed by atoms with E-state index in [0.29, 0.717) is 44.2 Å². The minimum atomic E-state index is -2.64. The van der Waals surface area contributed by atoms with E-state index in [0.717, 1.165) is 111 Å². The Labute approximate surface area is 418 Å². The summed E-state index contributed by atoms with van der Waals surface area (Å²) in [5.74, 6) is 1.32. The first-order chi connectivity index (χ1) is 31.4. The molecule has 7 aromatic rings. The van der Waals surface area contributed by atoms with Gasteiger partial charge in [-0.15, -0.1) is 0 Å². The van der Waals surface area contributed by atoms with Gasteiger partial charge >= 0.3 is 0 Å². The smallest absolute Gasteiger partial charge is 0.263 e. The Hall–Kier alpha value is -4.13. The van der Waals surface area contributed by atoms with Crippen molar-refractivity contribution in [3.63, 3.8) is 0 Å².